The van der Waals surface area contributed by atoms with E-state index in [1.807, 2.05) is 41.9 Å². The van der Waals surface area contributed by atoms with Crippen molar-refractivity contribution >= 4 is 5.65 Å². The number of imidazole rings is 1. The molecular formula is C17H19N3O. The molecule has 0 saturated heterocycles. The number of para-hydroxylation sites is 1. The van der Waals surface area contributed by atoms with Crippen molar-refractivity contribution in [1.29, 1.82) is 0 Å². The number of ether oxygens (including phenoxy) is 1. The third-order valence-electron chi connectivity index (χ3n) is 3.36. The molecule has 108 valence electrons. The second-order valence-electron chi connectivity index (χ2n) is 5.13. The molecule has 0 atom stereocenters. The quantitative estimate of drug-likeness (QED) is 0.781. The van der Waals surface area contributed by atoms with Gasteiger partial charge in [0.25, 0.3) is 0 Å². The van der Waals surface area contributed by atoms with Gasteiger partial charge >= 0.3 is 0 Å². The van der Waals surface area contributed by atoms with E-state index in [1.165, 1.54) is 5.56 Å². The average Bonchev–Trinajstić information content (AvgIpc) is 2.88. The van der Waals surface area contributed by atoms with Gasteiger partial charge in [0, 0.05) is 24.5 Å². The first-order valence-electron chi connectivity index (χ1n) is 7.06. The second-order valence-corrected chi connectivity index (χ2v) is 5.13. The van der Waals surface area contributed by atoms with Gasteiger partial charge in [-0.15, -0.1) is 0 Å². The molecule has 3 rings (SSSR count). The molecule has 0 saturated carbocycles. The Hall–Kier alpha value is -2.33. The van der Waals surface area contributed by atoms with E-state index >= 15 is 0 Å². The number of fused-ring (bicyclic) bond motifs is 1. The van der Waals surface area contributed by atoms with Crippen LogP contribution < -0.4 is 10.1 Å². The molecule has 1 aromatic carbocycles. The highest BCUT2D eigenvalue weighted by molar-refractivity contribution is 5.41. The number of hydrogen-bond donors (Lipinski definition) is 1. The van der Waals surface area contributed by atoms with E-state index in [-0.39, 0.29) is 0 Å². The first kappa shape index (κ1) is 13.6. The van der Waals surface area contributed by atoms with E-state index < -0.39 is 0 Å². The zero-order valence-electron chi connectivity index (χ0n) is 12.3. The predicted molar refractivity (Wildman–Crippen MR) is 83.5 cm³/mol. The van der Waals surface area contributed by atoms with E-state index in [0.717, 1.165) is 29.2 Å². The number of pyridine rings is 1. The van der Waals surface area contributed by atoms with Crippen LogP contribution in [0, 0.1) is 6.92 Å². The van der Waals surface area contributed by atoms with Crippen LogP contribution in [-0.4, -0.2) is 16.4 Å². The molecule has 0 radical (unpaired) electrons. The molecule has 3 aromatic rings. The van der Waals surface area contributed by atoms with Crippen LogP contribution in [0.25, 0.3) is 5.65 Å². The standard InChI is InChI=1S/C17H19N3O/c1-13-7-8-17-19-15(11-20(17)10-13)12-21-16-6-4-3-5-14(16)9-18-2/h3-8,10-11,18H,9,12H2,1-2H3. The molecule has 0 aliphatic heterocycles. The smallest absolute Gasteiger partial charge is 0.137 e. The van der Waals surface area contributed by atoms with Crippen molar-refractivity contribution in [2.24, 2.45) is 0 Å². The lowest BCUT2D eigenvalue weighted by molar-refractivity contribution is 0.298. The lowest BCUT2D eigenvalue weighted by Gasteiger charge is -2.09. The lowest BCUT2D eigenvalue weighted by atomic mass is 10.2. The first-order chi connectivity index (χ1) is 10.3. The maximum Gasteiger partial charge on any atom is 0.137 e. The van der Waals surface area contributed by atoms with Gasteiger partial charge < -0.3 is 14.5 Å². The molecule has 0 fully saturated rings. The van der Waals surface area contributed by atoms with Gasteiger partial charge in [-0.05, 0) is 31.7 Å². The fourth-order valence-electron chi connectivity index (χ4n) is 2.36. The monoisotopic (exact) mass is 281 g/mol. The number of hydrogen-bond acceptors (Lipinski definition) is 3. The van der Waals surface area contributed by atoms with E-state index in [4.69, 9.17) is 4.74 Å². The first-order valence-corrected chi connectivity index (χ1v) is 7.06. The summed E-state index contributed by atoms with van der Waals surface area (Å²) in [5.74, 6) is 0.903. The molecule has 0 unspecified atom stereocenters. The molecule has 0 bridgehead atoms. The second kappa shape index (κ2) is 5.97. The minimum absolute atomic E-state index is 0.474. The number of nitrogens with zero attached hydrogens (tertiary/aromatic N) is 2. The van der Waals surface area contributed by atoms with Crippen LogP contribution in [0.5, 0.6) is 5.75 Å². The minimum Gasteiger partial charge on any atom is -0.487 e. The SMILES string of the molecule is CNCc1ccccc1OCc1cn2cc(C)ccc2n1. The summed E-state index contributed by atoms with van der Waals surface area (Å²) in [5, 5.41) is 3.15. The van der Waals surface area contributed by atoms with E-state index in [9.17, 15) is 0 Å². The molecule has 1 N–H and O–H groups in total. The van der Waals surface area contributed by atoms with Gasteiger partial charge in [0.15, 0.2) is 0 Å². The van der Waals surface area contributed by atoms with Crippen molar-refractivity contribution in [2.75, 3.05) is 7.05 Å². The number of benzene rings is 1. The van der Waals surface area contributed by atoms with Crippen molar-refractivity contribution in [3.63, 3.8) is 0 Å². The summed E-state index contributed by atoms with van der Waals surface area (Å²) in [7, 11) is 1.93. The molecule has 0 amide bonds. The molecule has 0 aliphatic rings. The average molecular weight is 281 g/mol. The Kier molecular flexibility index (Phi) is 3.88. The Labute approximate surface area is 124 Å². The van der Waals surface area contributed by atoms with E-state index in [0.29, 0.717) is 6.61 Å². The molecule has 2 heterocycles. The molecule has 2 aromatic heterocycles. The summed E-state index contributed by atoms with van der Waals surface area (Å²) in [4.78, 5) is 4.57. The fourth-order valence-corrected chi connectivity index (χ4v) is 2.36. The Morgan fingerprint density at radius 1 is 1.14 bits per heavy atom. The summed E-state index contributed by atoms with van der Waals surface area (Å²) in [5.41, 5.74) is 4.24. The summed E-state index contributed by atoms with van der Waals surface area (Å²) in [6.45, 7) is 3.34. The van der Waals surface area contributed by atoms with Gasteiger partial charge in [-0.1, -0.05) is 24.3 Å². The van der Waals surface area contributed by atoms with Crippen molar-refractivity contribution in [1.82, 2.24) is 14.7 Å². The molecule has 0 spiro atoms. The molecule has 0 aliphatic carbocycles. The summed E-state index contributed by atoms with van der Waals surface area (Å²) < 4.78 is 7.95. The highest BCUT2D eigenvalue weighted by atomic mass is 16.5. The summed E-state index contributed by atoms with van der Waals surface area (Å²) in [6.07, 6.45) is 4.09. The third-order valence-corrected chi connectivity index (χ3v) is 3.36. The van der Waals surface area contributed by atoms with Crippen LogP contribution in [0.15, 0.2) is 48.8 Å². The highest BCUT2D eigenvalue weighted by Crippen LogP contribution is 2.19. The maximum absolute atomic E-state index is 5.92. The number of aromatic nitrogens is 2. The van der Waals surface area contributed by atoms with E-state index in [1.54, 1.807) is 0 Å². The Morgan fingerprint density at radius 3 is 2.86 bits per heavy atom. The lowest BCUT2D eigenvalue weighted by Crippen LogP contribution is -2.07. The zero-order chi connectivity index (χ0) is 14.7. The van der Waals surface area contributed by atoms with Crippen LogP contribution in [0.3, 0.4) is 0 Å². The largest absolute Gasteiger partial charge is 0.487 e. The number of rotatable bonds is 5. The Morgan fingerprint density at radius 2 is 2.00 bits per heavy atom. The zero-order valence-corrected chi connectivity index (χ0v) is 12.3. The van der Waals surface area contributed by atoms with Crippen LogP contribution in [0.2, 0.25) is 0 Å². The normalized spacial score (nSPS) is 11.0. The molecule has 4 nitrogen and oxygen atoms in total. The number of aryl methyl sites for hydroxylation is 1. The predicted octanol–water partition coefficient (Wildman–Crippen LogP) is 2.94. The highest BCUT2D eigenvalue weighted by Gasteiger charge is 2.05. The van der Waals surface area contributed by atoms with Crippen molar-refractivity contribution in [2.45, 2.75) is 20.1 Å². The molecule has 21 heavy (non-hydrogen) atoms. The Bertz CT molecular complexity index is 749. The maximum atomic E-state index is 5.92. The van der Waals surface area contributed by atoms with Crippen LogP contribution in [-0.2, 0) is 13.2 Å². The summed E-state index contributed by atoms with van der Waals surface area (Å²) >= 11 is 0. The number of nitrogens with one attached hydrogen (secondary N) is 1. The molecule has 4 heteroatoms. The Balaban J connectivity index is 1.77. The van der Waals surface area contributed by atoms with Gasteiger partial charge in [-0.2, -0.15) is 0 Å². The fraction of sp³-hybridized carbons (Fsp3) is 0.235. The van der Waals surface area contributed by atoms with Crippen molar-refractivity contribution < 1.29 is 4.74 Å². The molecular weight excluding hydrogens is 262 g/mol. The van der Waals surface area contributed by atoms with E-state index in [2.05, 4.69) is 35.6 Å². The van der Waals surface area contributed by atoms with Gasteiger partial charge in [0.1, 0.15) is 18.0 Å². The van der Waals surface area contributed by atoms with Crippen LogP contribution >= 0.6 is 0 Å². The minimum atomic E-state index is 0.474. The van der Waals surface area contributed by atoms with Crippen molar-refractivity contribution in [3.05, 3.63) is 65.6 Å². The van der Waals surface area contributed by atoms with Crippen molar-refractivity contribution in [3.8, 4) is 5.75 Å². The topological polar surface area (TPSA) is 38.6 Å². The summed E-state index contributed by atoms with van der Waals surface area (Å²) in [6, 6.07) is 12.2. The van der Waals surface area contributed by atoms with Crippen LogP contribution in [0.4, 0.5) is 0 Å². The van der Waals surface area contributed by atoms with Gasteiger partial charge in [0.2, 0.25) is 0 Å². The van der Waals surface area contributed by atoms with Crippen LogP contribution in [0.1, 0.15) is 16.8 Å². The van der Waals surface area contributed by atoms with Gasteiger partial charge in [-0.25, -0.2) is 4.98 Å². The van der Waals surface area contributed by atoms with Gasteiger partial charge in [-0.3, -0.25) is 0 Å². The third kappa shape index (κ3) is 3.06. The van der Waals surface area contributed by atoms with Gasteiger partial charge in [0.05, 0.1) is 5.69 Å².